The second kappa shape index (κ2) is 8.86. The molecule has 7 nitrogen and oxygen atoms in total. The molecule has 1 aliphatic heterocycles. The van der Waals surface area contributed by atoms with Gasteiger partial charge < -0.3 is 19.5 Å². The van der Waals surface area contributed by atoms with Crippen LogP contribution < -0.4 is 20.1 Å². The van der Waals surface area contributed by atoms with Crippen molar-refractivity contribution in [3.63, 3.8) is 0 Å². The summed E-state index contributed by atoms with van der Waals surface area (Å²) in [6.45, 7) is 6.62. The van der Waals surface area contributed by atoms with Crippen LogP contribution in [-0.2, 0) is 16.0 Å². The standard InChI is InChI=1S/C22H26N2O5/c1-22(2,3)29-21(26)24-16-7-5-15(6-8-16)13-20(25)23-17-9-10-18-19(14-17)28-12-4-11-27-18/h5-10,14H,4,11-13H2,1-3H3,(H,23,25)(H,24,26). The summed E-state index contributed by atoms with van der Waals surface area (Å²) in [5.74, 6) is 1.18. The summed E-state index contributed by atoms with van der Waals surface area (Å²) >= 11 is 0. The molecule has 3 rings (SSSR count). The van der Waals surface area contributed by atoms with Crippen LogP contribution in [0, 0.1) is 0 Å². The first kappa shape index (κ1) is 20.5. The van der Waals surface area contributed by atoms with E-state index in [0.717, 1.165) is 12.0 Å². The molecule has 1 aliphatic rings. The average molecular weight is 398 g/mol. The summed E-state index contributed by atoms with van der Waals surface area (Å²) in [6, 6.07) is 12.4. The van der Waals surface area contributed by atoms with Crippen molar-refractivity contribution in [1.29, 1.82) is 0 Å². The van der Waals surface area contributed by atoms with E-state index in [4.69, 9.17) is 14.2 Å². The molecular weight excluding hydrogens is 372 g/mol. The quantitative estimate of drug-likeness (QED) is 0.798. The number of hydrogen-bond donors (Lipinski definition) is 2. The van der Waals surface area contributed by atoms with Crippen molar-refractivity contribution >= 4 is 23.4 Å². The summed E-state index contributed by atoms with van der Waals surface area (Å²) in [7, 11) is 0. The zero-order valence-electron chi connectivity index (χ0n) is 16.9. The van der Waals surface area contributed by atoms with Crippen LogP contribution in [0.4, 0.5) is 16.2 Å². The second-order valence-corrected chi connectivity index (χ2v) is 7.76. The van der Waals surface area contributed by atoms with Gasteiger partial charge in [0.15, 0.2) is 11.5 Å². The highest BCUT2D eigenvalue weighted by molar-refractivity contribution is 5.92. The maximum atomic E-state index is 12.4. The minimum atomic E-state index is -0.560. The molecule has 154 valence electrons. The van der Waals surface area contributed by atoms with Crippen LogP contribution >= 0.6 is 0 Å². The predicted molar refractivity (Wildman–Crippen MR) is 111 cm³/mol. The first-order chi connectivity index (χ1) is 13.8. The highest BCUT2D eigenvalue weighted by Gasteiger charge is 2.16. The van der Waals surface area contributed by atoms with Gasteiger partial charge in [0, 0.05) is 23.9 Å². The number of rotatable bonds is 4. The Bertz CT molecular complexity index is 872. The molecule has 2 amide bonds. The Hall–Kier alpha value is -3.22. The van der Waals surface area contributed by atoms with Gasteiger partial charge in [0.2, 0.25) is 5.91 Å². The van der Waals surface area contributed by atoms with Crippen LogP contribution in [-0.4, -0.2) is 30.8 Å². The fraction of sp³-hybridized carbons (Fsp3) is 0.364. The third kappa shape index (κ3) is 6.41. The Balaban J connectivity index is 1.54. The van der Waals surface area contributed by atoms with E-state index in [1.165, 1.54) is 0 Å². The fourth-order valence-electron chi connectivity index (χ4n) is 2.76. The van der Waals surface area contributed by atoms with Gasteiger partial charge in [-0.3, -0.25) is 10.1 Å². The number of fused-ring (bicyclic) bond motifs is 1. The zero-order valence-corrected chi connectivity index (χ0v) is 16.9. The highest BCUT2D eigenvalue weighted by atomic mass is 16.6. The number of ether oxygens (including phenoxy) is 3. The Morgan fingerprint density at radius 3 is 2.28 bits per heavy atom. The van der Waals surface area contributed by atoms with E-state index in [1.54, 1.807) is 63.2 Å². The van der Waals surface area contributed by atoms with Gasteiger partial charge in [-0.2, -0.15) is 0 Å². The third-order valence-corrected chi connectivity index (χ3v) is 4.00. The van der Waals surface area contributed by atoms with Crippen LogP contribution in [0.2, 0.25) is 0 Å². The Labute approximate surface area is 170 Å². The van der Waals surface area contributed by atoms with Gasteiger partial charge in [-0.1, -0.05) is 12.1 Å². The van der Waals surface area contributed by atoms with Crippen molar-refractivity contribution < 1.29 is 23.8 Å². The molecule has 0 saturated heterocycles. The Kier molecular flexibility index (Phi) is 6.26. The van der Waals surface area contributed by atoms with Gasteiger partial charge in [0.1, 0.15) is 5.60 Å². The van der Waals surface area contributed by atoms with E-state index in [0.29, 0.717) is 36.1 Å². The summed E-state index contributed by atoms with van der Waals surface area (Å²) in [6.07, 6.45) is 0.522. The monoisotopic (exact) mass is 398 g/mol. The summed E-state index contributed by atoms with van der Waals surface area (Å²) < 4.78 is 16.5. The number of carbonyl (C=O) groups is 2. The number of amides is 2. The minimum absolute atomic E-state index is 0.146. The van der Waals surface area contributed by atoms with E-state index in [1.807, 2.05) is 0 Å². The van der Waals surface area contributed by atoms with Crippen LogP contribution in [0.25, 0.3) is 0 Å². The van der Waals surface area contributed by atoms with Crippen LogP contribution in [0.15, 0.2) is 42.5 Å². The van der Waals surface area contributed by atoms with Gasteiger partial charge in [0.25, 0.3) is 0 Å². The largest absolute Gasteiger partial charge is 0.490 e. The van der Waals surface area contributed by atoms with E-state index in [2.05, 4.69) is 10.6 Å². The number of carbonyl (C=O) groups excluding carboxylic acids is 2. The highest BCUT2D eigenvalue weighted by Crippen LogP contribution is 2.32. The second-order valence-electron chi connectivity index (χ2n) is 7.76. The lowest BCUT2D eigenvalue weighted by atomic mass is 10.1. The van der Waals surface area contributed by atoms with Crippen molar-refractivity contribution in [1.82, 2.24) is 0 Å². The Morgan fingerprint density at radius 2 is 1.59 bits per heavy atom. The number of benzene rings is 2. The van der Waals surface area contributed by atoms with Gasteiger partial charge >= 0.3 is 6.09 Å². The van der Waals surface area contributed by atoms with Crippen molar-refractivity contribution in [2.45, 2.75) is 39.2 Å². The molecule has 0 atom stereocenters. The van der Waals surface area contributed by atoms with E-state index in [9.17, 15) is 9.59 Å². The molecule has 0 saturated carbocycles. The molecule has 0 radical (unpaired) electrons. The number of anilines is 2. The normalized spacial score (nSPS) is 13.2. The van der Waals surface area contributed by atoms with Gasteiger partial charge in [-0.05, 0) is 50.6 Å². The van der Waals surface area contributed by atoms with E-state index in [-0.39, 0.29) is 12.3 Å². The molecule has 0 aliphatic carbocycles. The molecule has 1 heterocycles. The van der Waals surface area contributed by atoms with Gasteiger partial charge in [-0.25, -0.2) is 4.79 Å². The van der Waals surface area contributed by atoms with Crippen molar-refractivity contribution in [2.75, 3.05) is 23.8 Å². The molecule has 0 spiro atoms. The van der Waals surface area contributed by atoms with Crippen LogP contribution in [0.5, 0.6) is 11.5 Å². The topological polar surface area (TPSA) is 85.9 Å². The summed E-state index contributed by atoms with van der Waals surface area (Å²) in [5.41, 5.74) is 1.52. The molecule has 2 aromatic rings. The van der Waals surface area contributed by atoms with Crippen molar-refractivity contribution in [2.24, 2.45) is 0 Å². The number of nitrogens with one attached hydrogen (secondary N) is 2. The SMILES string of the molecule is CC(C)(C)OC(=O)Nc1ccc(CC(=O)Nc2ccc3c(c2)OCCCO3)cc1. The van der Waals surface area contributed by atoms with Crippen molar-refractivity contribution in [3.05, 3.63) is 48.0 Å². The molecule has 0 fully saturated rings. The first-order valence-electron chi connectivity index (χ1n) is 9.57. The maximum absolute atomic E-state index is 12.4. The average Bonchev–Trinajstić information content (AvgIpc) is 2.86. The van der Waals surface area contributed by atoms with Gasteiger partial charge in [-0.15, -0.1) is 0 Å². The lowest BCUT2D eigenvalue weighted by molar-refractivity contribution is -0.115. The lowest BCUT2D eigenvalue weighted by Crippen LogP contribution is -2.27. The molecule has 7 heteroatoms. The fourth-order valence-corrected chi connectivity index (χ4v) is 2.76. The minimum Gasteiger partial charge on any atom is -0.490 e. The molecule has 0 aromatic heterocycles. The van der Waals surface area contributed by atoms with Crippen LogP contribution in [0.1, 0.15) is 32.8 Å². The maximum Gasteiger partial charge on any atom is 0.412 e. The first-order valence-corrected chi connectivity index (χ1v) is 9.57. The Morgan fingerprint density at radius 1 is 0.931 bits per heavy atom. The third-order valence-electron chi connectivity index (χ3n) is 4.00. The number of hydrogen-bond acceptors (Lipinski definition) is 5. The molecule has 0 unspecified atom stereocenters. The molecule has 2 N–H and O–H groups in total. The molecular formula is C22H26N2O5. The summed E-state index contributed by atoms with van der Waals surface area (Å²) in [4.78, 5) is 24.2. The predicted octanol–water partition coefficient (Wildman–Crippen LogP) is 4.38. The van der Waals surface area contributed by atoms with Crippen molar-refractivity contribution in [3.8, 4) is 11.5 Å². The summed E-state index contributed by atoms with van der Waals surface area (Å²) in [5, 5.41) is 5.53. The van der Waals surface area contributed by atoms with E-state index < -0.39 is 11.7 Å². The zero-order chi connectivity index (χ0) is 20.9. The van der Waals surface area contributed by atoms with E-state index >= 15 is 0 Å². The van der Waals surface area contributed by atoms with Gasteiger partial charge in [0.05, 0.1) is 19.6 Å². The van der Waals surface area contributed by atoms with Crippen LogP contribution in [0.3, 0.4) is 0 Å². The molecule has 29 heavy (non-hydrogen) atoms. The molecule has 0 bridgehead atoms. The lowest BCUT2D eigenvalue weighted by Gasteiger charge is -2.19. The molecule has 2 aromatic carbocycles. The smallest absolute Gasteiger partial charge is 0.412 e.